The molecular formula is C22H23F3N2O3. The first-order valence-corrected chi connectivity index (χ1v) is 9.81. The predicted octanol–water partition coefficient (Wildman–Crippen LogP) is 4.33. The van der Waals surface area contributed by atoms with Crippen molar-refractivity contribution in [2.24, 2.45) is 0 Å². The average molecular weight is 420 g/mol. The number of alkyl halides is 3. The lowest BCUT2D eigenvalue weighted by Gasteiger charge is -2.26. The van der Waals surface area contributed by atoms with Crippen molar-refractivity contribution in [2.75, 3.05) is 0 Å². The number of amides is 2. The van der Waals surface area contributed by atoms with Gasteiger partial charge in [-0.25, -0.2) is 0 Å². The molecule has 0 spiro atoms. The van der Waals surface area contributed by atoms with Crippen molar-refractivity contribution in [3.63, 3.8) is 0 Å². The number of nitrogens with one attached hydrogen (secondary N) is 2. The summed E-state index contributed by atoms with van der Waals surface area (Å²) in [5, 5.41) is 15.0. The fraction of sp³-hybridized carbons (Fsp3) is 0.364. The Hall–Kier alpha value is -3.03. The molecule has 2 aromatic rings. The van der Waals surface area contributed by atoms with Gasteiger partial charge in [0.05, 0.1) is 5.56 Å². The number of hydrogen-bond acceptors (Lipinski definition) is 3. The molecule has 5 nitrogen and oxygen atoms in total. The Morgan fingerprint density at radius 1 is 1.00 bits per heavy atom. The van der Waals surface area contributed by atoms with Crippen LogP contribution in [0.2, 0.25) is 0 Å². The monoisotopic (exact) mass is 420 g/mol. The van der Waals surface area contributed by atoms with E-state index >= 15 is 0 Å². The summed E-state index contributed by atoms with van der Waals surface area (Å²) in [6.07, 6.45) is 0.229. The Kier molecular flexibility index (Phi) is 6.64. The number of carbonyl (C=O) groups is 2. The molecule has 1 saturated carbocycles. The number of aromatic hydroxyl groups is 1. The second-order valence-electron chi connectivity index (χ2n) is 7.42. The predicted molar refractivity (Wildman–Crippen MR) is 105 cm³/mol. The minimum Gasteiger partial charge on any atom is -0.508 e. The quantitative estimate of drug-likeness (QED) is 0.674. The van der Waals surface area contributed by atoms with Crippen molar-refractivity contribution < 1.29 is 27.9 Å². The lowest BCUT2D eigenvalue weighted by molar-refractivity contribution is -0.137. The zero-order valence-corrected chi connectivity index (χ0v) is 16.2. The molecule has 0 aromatic heterocycles. The van der Waals surface area contributed by atoms with Crippen LogP contribution in [0.25, 0.3) is 0 Å². The molecule has 1 unspecified atom stereocenters. The summed E-state index contributed by atoms with van der Waals surface area (Å²) in [5.41, 5.74) is -0.719. The lowest BCUT2D eigenvalue weighted by Crippen LogP contribution is -2.45. The van der Waals surface area contributed by atoms with E-state index < -0.39 is 29.6 Å². The van der Waals surface area contributed by atoms with E-state index in [1.165, 1.54) is 30.3 Å². The summed E-state index contributed by atoms with van der Waals surface area (Å²) in [5.74, 6) is -1.24. The highest BCUT2D eigenvalue weighted by Crippen LogP contribution is 2.29. The topological polar surface area (TPSA) is 78.4 Å². The van der Waals surface area contributed by atoms with E-state index in [9.17, 15) is 27.9 Å². The van der Waals surface area contributed by atoms with Crippen LogP contribution in [-0.4, -0.2) is 23.0 Å². The molecule has 1 fully saturated rings. The largest absolute Gasteiger partial charge is 0.508 e. The molecule has 160 valence electrons. The molecule has 1 aliphatic carbocycles. The molecule has 3 rings (SSSR count). The van der Waals surface area contributed by atoms with Gasteiger partial charge in [-0.1, -0.05) is 37.5 Å². The summed E-state index contributed by atoms with van der Waals surface area (Å²) in [6, 6.07) is 8.68. The molecule has 2 aromatic carbocycles. The molecule has 2 amide bonds. The van der Waals surface area contributed by atoms with Crippen LogP contribution >= 0.6 is 0 Å². The third-order valence-corrected chi connectivity index (χ3v) is 5.17. The summed E-state index contributed by atoms with van der Waals surface area (Å²) in [6.45, 7) is 0. The molecule has 3 N–H and O–H groups in total. The van der Waals surface area contributed by atoms with Crippen molar-refractivity contribution in [1.29, 1.82) is 0 Å². The molecule has 0 aliphatic heterocycles. The number of benzene rings is 2. The molecule has 0 bridgehead atoms. The van der Waals surface area contributed by atoms with Gasteiger partial charge in [0.15, 0.2) is 0 Å². The van der Waals surface area contributed by atoms with Gasteiger partial charge in [-0.15, -0.1) is 0 Å². The van der Waals surface area contributed by atoms with E-state index in [0.29, 0.717) is 5.56 Å². The fourth-order valence-corrected chi connectivity index (χ4v) is 3.55. The Morgan fingerprint density at radius 2 is 1.67 bits per heavy atom. The van der Waals surface area contributed by atoms with Crippen molar-refractivity contribution >= 4 is 11.8 Å². The van der Waals surface area contributed by atoms with Crippen molar-refractivity contribution in [3.8, 4) is 5.75 Å². The van der Waals surface area contributed by atoms with Crippen LogP contribution in [0, 0.1) is 0 Å². The minimum atomic E-state index is -4.58. The molecule has 8 heteroatoms. The molecule has 30 heavy (non-hydrogen) atoms. The summed E-state index contributed by atoms with van der Waals surface area (Å²) in [7, 11) is 0. The zero-order chi connectivity index (χ0) is 21.7. The first kappa shape index (κ1) is 21.7. The van der Waals surface area contributed by atoms with E-state index in [-0.39, 0.29) is 17.4 Å². The molecule has 1 aliphatic rings. The molecule has 0 radical (unpaired) electrons. The highest BCUT2D eigenvalue weighted by molar-refractivity contribution is 5.98. The van der Waals surface area contributed by atoms with Gasteiger partial charge >= 0.3 is 6.18 Å². The normalized spacial score (nSPS) is 16.0. The number of phenols is 1. The second-order valence-corrected chi connectivity index (χ2v) is 7.42. The van der Waals surface area contributed by atoms with Crippen LogP contribution in [0.15, 0.2) is 48.5 Å². The molecular weight excluding hydrogens is 397 g/mol. The Labute approximate surface area is 172 Å². The maximum atomic E-state index is 13.0. The van der Waals surface area contributed by atoms with Crippen LogP contribution in [0.1, 0.15) is 59.6 Å². The second kappa shape index (κ2) is 9.19. The fourth-order valence-electron chi connectivity index (χ4n) is 3.55. The molecule has 0 saturated heterocycles. The molecule has 1 atom stereocenters. The van der Waals surface area contributed by atoms with E-state index in [1.54, 1.807) is 0 Å². The van der Waals surface area contributed by atoms with E-state index in [2.05, 4.69) is 10.6 Å². The summed E-state index contributed by atoms with van der Waals surface area (Å²) in [4.78, 5) is 25.6. The van der Waals surface area contributed by atoms with Gasteiger partial charge in [-0.05, 0) is 48.7 Å². The van der Waals surface area contributed by atoms with Gasteiger partial charge in [0, 0.05) is 11.6 Å². The first-order chi connectivity index (χ1) is 14.2. The van der Waals surface area contributed by atoms with Crippen LogP contribution in [0.3, 0.4) is 0 Å². The van der Waals surface area contributed by atoms with Crippen molar-refractivity contribution in [3.05, 3.63) is 65.2 Å². The van der Waals surface area contributed by atoms with E-state index in [0.717, 1.165) is 50.3 Å². The van der Waals surface area contributed by atoms with E-state index in [1.807, 2.05) is 0 Å². The average Bonchev–Trinajstić information content (AvgIpc) is 2.73. The standard InChI is InChI=1S/C22H23F3N2O3/c23-22(24,25)16-6-4-5-15(13-16)20(29)27-19(14-9-11-18(28)12-10-14)21(30)26-17-7-2-1-3-8-17/h4-6,9-13,17,19,28H,1-3,7-8H2,(H,26,30)(H,27,29). The van der Waals surface area contributed by atoms with E-state index in [4.69, 9.17) is 0 Å². The number of carbonyl (C=O) groups excluding carboxylic acids is 2. The highest BCUT2D eigenvalue weighted by atomic mass is 19.4. The maximum Gasteiger partial charge on any atom is 0.416 e. The minimum absolute atomic E-state index is 0.00340. The van der Waals surface area contributed by atoms with Gasteiger partial charge in [0.1, 0.15) is 11.8 Å². The van der Waals surface area contributed by atoms with Gasteiger partial charge in [-0.3, -0.25) is 9.59 Å². The highest BCUT2D eigenvalue weighted by Gasteiger charge is 2.32. The Morgan fingerprint density at radius 3 is 2.30 bits per heavy atom. The smallest absolute Gasteiger partial charge is 0.416 e. The van der Waals surface area contributed by atoms with Crippen LogP contribution in [0.4, 0.5) is 13.2 Å². The van der Waals surface area contributed by atoms with Gasteiger partial charge in [0.25, 0.3) is 5.91 Å². The van der Waals surface area contributed by atoms with Crippen molar-refractivity contribution in [2.45, 2.75) is 50.4 Å². The summed E-state index contributed by atoms with van der Waals surface area (Å²) < 4.78 is 38.9. The number of hydrogen-bond donors (Lipinski definition) is 3. The Balaban J connectivity index is 1.82. The summed E-state index contributed by atoms with van der Waals surface area (Å²) >= 11 is 0. The van der Waals surface area contributed by atoms with Crippen LogP contribution in [-0.2, 0) is 11.0 Å². The third kappa shape index (κ3) is 5.52. The first-order valence-electron chi connectivity index (χ1n) is 9.81. The number of phenolic OH excluding ortho intramolecular Hbond substituents is 1. The number of halogens is 3. The maximum absolute atomic E-state index is 13.0. The van der Waals surface area contributed by atoms with Gasteiger partial charge in [0.2, 0.25) is 5.91 Å². The zero-order valence-electron chi connectivity index (χ0n) is 16.2. The Bertz CT molecular complexity index is 891. The molecule has 0 heterocycles. The third-order valence-electron chi connectivity index (χ3n) is 5.17. The lowest BCUT2D eigenvalue weighted by atomic mass is 9.95. The SMILES string of the molecule is O=C(NC(C(=O)NC1CCCCC1)c1ccc(O)cc1)c1cccc(C(F)(F)F)c1. The van der Waals surface area contributed by atoms with Crippen LogP contribution in [0.5, 0.6) is 5.75 Å². The van der Waals surface area contributed by atoms with Gasteiger partial charge in [-0.2, -0.15) is 13.2 Å². The van der Waals surface area contributed by atoms with Gasteiger partial charge < -0.3 is 15.7 Å². The van der Waals surface area contributed by atoms with Crippen molar-refractivity contribution in [1.82, 2.24) is 10.6 Å². The van der Waals surface area contributed by atoms with Crippen LogP contribution < -0.4 is 10.6 Å². The number of rotatable bonds is 5.